The molecule has 0 saturated carbocycles. The number of amidine groups is 1. The van der Waals surface area contributed by atoms with Crippen molar-refractivity contribution in [2.24, 2.45) is 10.7 Å². The van der Waals surface area contributed by atoms with E-state index in [4.69, 9.17) is 5.73 Å². The van der Waals surface area contributed by atoms with E-state index < -0.39 is 0 Å². The number of nitrogens with one attached hydrogen (secondary N) is 1. The molecule has 3 nitrogen and oxygen atoms in total. The van der Waals surface area contributed by atoms with Crippen LogP contribution < -0.4 is 11.1 Å². The Morgan fingerprint density at radius 2 is 1.21 bits per heavy atom. The molecule has 3 N–H and O–H groups in total. The van der Waals surface area contributed by atoms with E-state index in [-0.39, 0.29) is 0 Å². The van der Waals surface area contributed by atoms with Crippen molar-refractivity contribution in [2.45, 2.75) is 58.9 Å². The molecule has 3 heteroatoms. The summed E-state index contributed by atoms with van der Waals surface area (Å²) in [5.41, 5.74) is 25.5. The lowest BCUT2D eigenvalue weighted by atomic mass is 9.83. The zero-order valence-corrected chi connectivity index (χ0v) is 36.7. The summed E-state index contributed by atoms with van der Waals surface area (Å²) in [4.78, 5) is 4.51. The van der Waals surface area contributed by atoms with Crippen molar-refractivity contribution in [3.05, 3.63) is 223 Å². The number of rotatable bonds is 8. The number of para-hydroxylation sites is 1. The van der Waals surface area contributed by atoms with Gasteiger partial charge in [-0.25, -0.2) is 0 Å². The van der Waals surface area contributed by atoms with E-state index in [9.17, 15) is 0 Å². The first-order valence-electron chi connectivity index (χ1n) is 22.2. The quantitative estimate of drug-likeness (QED) is 0.119. The maximum Gasteiger partial charge on any atom is 0.125 e. The number of hydrogen-bond donors (Lipinski definition) is 2. The first kappa shape index (κ1) is 43.1. The van der Waals surface area contributed by atoms with Crippen molar-refractivity contribution >= 4 is 22.7 Å². The number of aliphatic imine (C=N–C) groups is 1. The van der Waals surface area contributed by atoms with Crippen molar-refractivity contribution in [2.75, 3.05) is 12.4 Å². The fourth-order valence-corrected chi connectivity index (χ4v) is 8.19. The fraction of sp³-hybridized carbons (Fsp3) is 0.169. The van der Waals surface area contributed by atoms with Crippen LogP contribution in [0.15, 0.2) is 205 Å². The zero-order valence-electron chi connectivity index (χ0n) is 36.7. The highest BCUT2D eigenvalue weighted by Crippen LogP contribution is 2.40. The van der Waals surface area contributed by atoms with E-state index in [0.29, 0.717) is 18.3 Å². The Balaban J connectivity index is 0.000000205. The van der Waals surface area contributed by atoms with Crippen molar-refractivity contribution in [3.63, 3.8) is 0 Å². The van der Waals surface area contributed by atoms with Gasteiger partial charge >= 0.3 is 0 Å². The molecule has 62 heavy (non-hydrogen) atoms. The Morgan fingerprint density at radius 1 is 0.597 bits per heavy atom. The molecule has 0 radical (unpaired) electrons. The van der Waals surface area contributed by atoms with Gasteiger partial charge in [0.25, 0.3) is 0 Å². The van der Waals surface area contributed by atoms with Crippen LogP contribution in [0.4, 0.5) is 5.69 Å². The lowest BCUT2D eigenvalue weighted by Gasteiger charge is -2.21. The lowest BCUT2D eigenvalue weighted by Crippen LogP contribution is -2.15. The normalized spacial score (nSPS) is 15.8. The van der Waals surface area contributed by atoms with Gasteiger partial charge in [-0.05, 0) is 122 Å². The summed E-state index contributed by atoms with van der Waals surface area (Å²) in [7, 11) is 1.97. The second kappa shape index (κ2) is 21.0. The van der Waals surface area contributed by atoms with Crippen LogP contribution in [0.25, 0.3) is 55.7 Å². The third-order valence-electron chi connectivity index (χ3n) is 11.6. The van der Waals surface area contributed by atoms with Crippen LogP contribution >= 0.6 is 0 Å². The molecular formula is C59H59N3. The van der Waals surface area contributed by atoms with Gasteiger partial charge in [0.1, 0.15) is 5.84 Å². The topological polar surface area (TPSA) is 50.4 Å². The molecule has 1 atom stereocenters. The van der Waals surface area contributed by atoms with Gasteiger partial charge in [-0.15, -0.1) is 0 Å². The molecule has 0 aromatic heterocycles. The molecule has 6 aromatic rings. The highest BCUT2D eigenvalue weighted by Gasteiger charge is 2.18. The van der Waals surface area contributed by atoms with Crippen LogP contribution in [0.1, 0.15) is 74.6 Å². The second-order valence-electron chi connectivity index (χ2n) is 15.7. The summed E-state index contributed by atoms with van der Waals surface area (Å²) >= 11 is 0. The molecule has 3 aliphatic carbocycles. The van der Waals surface area contributed by atoms with E-state index >= 15 is 0 Å². The molecule has 0 heterocycles. The standard InChI is InChI=1S/C37H31N.C20H22N2.C2H6/c1-25-15-16-26(2)36-24-30(21-22-35(36)34-13-5-4-11-32(25)34)28-19-17-27(18-20-28)29-9-8-10-31(23-29)33-12-6-7-14-37(33)38-3;21-20(19-9-5-2-6-10-19)22-15-16-11-13-18(14-12-16)17-7-3-1-4-8-17;1-2/h4-24,26,38H,1H2,2-3H3;3,5,7-14H,1-2,4,6,15H2,(H2,21,22);1-2H3/b16-15-;;. The highest BCUT2D eigenvalue weighted by molar-refractivity contribution is 5.99. The lowest BCUT2D eigenvalue weighted by molar-refractivity contribution is 0.969. The average molecular weight is 810 g/mol. The molecule has 0 spiro atoms. The largest absolute Gasteiger partial charge is 0.388 e. The number of benzene rings is 6. The predicted molar refractivity (Wildman–Crippen MR) is 270 cm³/mol. The second-order valence-corrected chi connectivity index (χ2v) is 15.7. The van der Waals surface area contributed by atoms with Gasteiger partial charge < -0.3 is 11.1 Å². The SMILES string of the molecule is C=C1/C=C\C(C)c2cc(-c3ccc(-c4cccc(-c5ccccc5NC)c4)cc3)ccc2-c2ccccc21.CC.NC(=NCc1ccc(C2=CCCC=C2)cc1)C1=CCCC=C1. The monoisotopic (exact) mass is 809 g/mol. The average Bonchev–Trinajstić information content (AvgIpc) is 3.36. The van der Waals surface area contributed by atoms with E-state index in [1.165, 1.54) is 72.3 Å². The minimum atomic E-state index is 0.303. The minimum absolute atomic E-state index is 0.303. The molecule has 0 fully saturated rings. The first-order chi connectivity index (χ1) is 30.4. The van der Waals surface area contributed by atoms with Crippen LogP contribution in [0.2, 0.25) is 0 Å². The molecule has 0 saturated heterocycles. The van der Waals surface area contributed by atoms with E-state index in [1.54, 1.807) is 0 Å². The van der Waals surface area contributed by atoms with Crippen LogP contribution in [0, 0.1) is 0 Å². The predicted octanol–water partition coefficient (Wildman–Crippen LogP) is 15.7. The molecule has 9 rings (SSSR count). The molecule has 0 amide bonds. The molecule has 1 unspecified atom stereocenters. The van der Waals surface area contributed by atoms with E-state index in [1.807, 2.05) is 20.9 Å². The maximum absolute atomic E-state index is 6.06. The van der Waals surface area contributed by atoms with Crippen LogP contribution in [0.5, 0.6) is 0 Å². The van der Waals surface area contributed by atoms with Crippen LogP contribution in [-0.4, -0.2) is 12.9 Å². The number of anilines is 1. The molecule has 3 aliphatic rings. The maximum atomic E-state index is 6.06. The summed E-state index contributed by atoms with van der Waals surface area (Å²) in [5.74, 6) is 0.940. The summed E-state index contributed by atoms with van der Waals surface area (Å²) in [6.07, 6.45) is 22.0. The third-order valence-corrected chi connectivity index (χ3v) is 11.6. The van der Waals surface area contributed by atoms with Gasteiger partial charge in [-0.1, -0.05) is 197 Å². The van der Waals surface area contributed by atoms with Crippen molar-refractivity contribution in [3.8, 4) is 44.5 Å². The van der Waals surface area contributed by atoms with Crippen molar-refractivity contribution in [1.29, 1.82) is 0 Å². The van der Waals surface area contributed by atoms with Gasteiger partial charge in [-0.2, -0.15) is 0 Å². The number of hydrogen-bond acceptors (Lipinski definition) is 2. The molecule has 0 bridgehead atoms. The summed E-state index contributed by atoms with van der Waals surface area (Å²) in [6, 6.07) is 50.3. The van der Waals surface area contributed by atoms with Crippen LogP contribution in [0.3, 0.4) is 0 Å². The molecule has 310 valence electrons. The van der Waals surface area contributed by atoms with E-state index in [0.717, 1.165) is 42.5 Å². The first-order valence-corrected chi connectivity index (χ1v) is 22.2. The number of allylic oxidation sites excluding steroid dienone is 9. The number of nitrogens with two attached hydrogens (primary N) is 1. The summed E-state index contributed by atoms with van der Waals surface area (Å²) in [6.45, 7) is 11.2. The van der Waals surface area contributed by atoms with Crippen molar-refractivity contribution in [1.82, 2.24) is 0 Å². The van der Waals surface area contributed by atoms with E-state index in [2.05, 4.69) is 212 Å². The molecule has 6 aromatic carbocycles. The van der Waals surface area contributed by atoms with Crippen molar-refractivity contribution < 1.29 is 0 Å². The molecule has 0 aliphatic heterocycles. The Morgan fingerprint density at radius 3 is 1.89 bits per heavy atom. The molecular weight excluding hydrogens is 751 g/mol. The third kappa shape index (κ3) is 10.3. The van der Waals surface area contributed by atoms with Gasteiger partial charge in [0, 0.05) is 23.9 Å². The minimum Gasteiger partial charge on any atom is -0.388 e. The number of fused-ring (bicyclic) bond motifs is 3. The smallest absolute Gasteiger partial charge is 0.125 e. The van der Waals surface area contributed by atoms with Gasteiger partial charge in [-0.3, -0.25) is 4.99 Å². The number of nitrogens with zero attached hydrogens (tertiary/aromatic N) is 1. The summed E-state index contributed by atoms with van der Waals surface area (Å²) in [5, 5.41) is 3.31. The van der Waals surface area contributed by atoms with Crippen LogP contribution in [-0.2, 0) is 6.54 Å². The highest BCUT2D eigenvalue weighted by atomic mass is 14.8. The van der Waals surface area contributed by atoms with Gasteiger partial charge in [0.2, 0.25) is 0 Å². The Labute approximate surface area is 370 Å². The van der Waals surface area contributed by atoms with Gasteiger partial charge in [0.05, 0.1) is 6.54 Å². The fourth-order valence-electron chi connectivity index (χ4n) is 8.19. The zero-order chi connectivity index (χ0) is 43.3. The Hall–Kier alpha value is -6.97. The Kier molecular flexibility index (Phi) is 14.6. The Bertz CT molecular complexity index is 2680. The van der Waals surface area contributed by atoms with Gasteiger partial charge in [0.15, 0.2) is 0 Å². The summed E-state index contributed by atoms with van der Waals surface area (Å²) < 4.78 is 0.